The predicted molar refractivity (Wildman–Crippen MR) is 155 cm³/mol. The zero-order valence-corrected chi connectivity index (χ0v) is 24.0. The quantitative estimate of drug-likeness (QED) is 0.391. The molecule has 8 heteroatoms. The summed E-state index contributed by atoms with van der Waals surface area (Å²) in [5.74, 6) is 1.71. The van der Waals surface area contributed by atoms with Gasteiger partial charge in [-0.25, -0.2) is 4.98 Å². The molecular formula is C31H44N6O2. The van der Waals surface area contributed by atoms with Crippen molar-refractivity contribution >= 4 is 22.9 Å². The average Bonchev–Trinajstić information content (AvgIpc) is 3.26. The van der Waals surface area contributed by atoms with E-state index in [9.17, 15) is 9.90 Å². The minimum Gasteiger partial charge on any atom is -0.393 e. The number of carbonyl (C=O) groups excluding carboxylic acids is 1. The second-order valence-corrected chi connectivity index (χ2v) is 11.9. The molecular weight excluding hydrogens is 488 g/mol. The topological polar surface area (TPSA) is 96.2 Å². The maximum atomic E-state index is 13.2. The van der Waals surface area contributed by atoms with E-state index in [2.05, 4.69) is 34.9 Å². The third-order valence-corrected chi connectivity index (χ3v) is 8.57. The molecule has 2 aliphatic rings. The summed E-state index contributed by atoms with van der Waals surface area (Å²) in [6.45, 7) is 10.7. The molecule has 1 aliphatic heterocycles. The molecule has 1 amide bonds. The number of carbonyl (C=O) groups is 1. The van der Waals surface area contributed by atoms with Crippen molar-refractivity contribution in [1.82, 2.24) is 24.4 Å². The van der Waals surface area contributed by atoms with Crippen molar-refractivity contribution in [1.29, 1.82) is 0 Å². The molecule has 39 heavy (non-hydrogen) atoms. The molecule has 0 spiro atoms. The van der Waals surface area contributed by atoms with E-state index in [0.29, 0.717) is 23.8 Å². The number of aromatic nitrogens is 4. The minimum atomic E-state index is -0.149. The number of nitrogens with one attached hydrogen (secondary N) is 1. The van der Waals surface area contributed by atoms with E-state index >= 15 is 0 Å². The van der Waals surface area contributed by atoms with Gasteiger partial charge in [0.05, 0.1) is 6.10 Å². The number of aliphatic hydroxyl groups excluding tert-OH is 1. The fourth-order valence-corrected chi connectivity index (χ4v) is 6.49. The molecule has 4 heterocycles. The van der Waals surface area contributed by atoms with E-state index in [0.717, 1.165) is 99.0 Å². The molecule has 2 N–H and O–H groups in total. The maximum absolute atomic E-state index is 13.2. The van der Waals surface area contributed by atoms with Gasteiger partial charge in [-0.3, -0.25) is 9.78 Å². The summed E-state index contributed by atoms with van der Waals surface area (Å²) >= 11 is 0. The van der Waals surface area contributed by atoms with Crippen LogP contribution >= 0.6 is 0 Å². The SMILES string of the molecule is CCC[C@H](C)Nc1ncc2c(C3CCN(C(=O)c4cc(C)nc(C)c4)CC3)cn(C[C@H]3CC[C@H](O)CC3)c2n1. The fraction of sp³-hybridized carbons (Fsp3) is 0.613. The molecule has 1 aliphatic carbocycles. The van der Waals surface area contributed by atoms with Crippen LogP contribution < -0.4 is 5.32 Å². The van der Waals surface area contributed by atoms with Crippen molar-refractivity contribution in [3.63, 3.8) is 0 Å². The molecule has 5 rings (SSSR count). The number of hydrogen-bond donors (Lipinski definition) is 2. The lowest BCUT2D eigenvalue weighted by molar-refractivity contribution is 0.0713. The molecule has 210 valence electrons. The lowest BCUT2D eigenvalue weighted by Crippen LogP contribution is -2.38. The number of hydrogen-bond acceptors (Lipinski definition) is 6. The van der Waals surface area contributed by atoms with Gasteiger partial charge in [0.25, 0.3) is 5.91 Å². The zero-order valence-electron chi connectivity index (χ0n) is 24.0. The molecule has 0 bridgehead atoms. The highest BCUT2D eigenvalue weighted by molar-refractivity contribution is 5.94. The Morgan fingerprint density at radius 2 is 1.77 bits per heavy atom. The zero-order chi connectivity index (χ0) is 27.5. The first-order valence-corrected chi connectivity index (χ1v) is 14.9. The number of pyridine rings is 1. The summed E-state index contributed by atoms with van der Waals surface area (Å²) in [7, 11) is 0. The smallest absolute Gasteiger partial charge is 0.253 e. The van der Waals surface area contributed by atoms with Crippen molar-refractivity contribution in [2.75, 3.05) is 18.4 Å². The number of nitrogens with zero attached hydrogens (tertiary/aromatic N) is 5. The first kappa shape index (κ1) is 27.6. The van der Waals surface area contributed by atoms with Gasteiger partial charge in [-0.1, -0.05) is 13.3 Å². The van der Waals surface area contributed by atoms with Crippen molar-refractivity contribution in [3.8, 4) is 0 Å². The summed E-state index contributed by atoms with van der Waals surface area (Å²) in [4.78, 5) is 29.4. The van der Waals surface area contributed by atoms with Crippen LogP contribution in [0, 0.1) is 19.8 Å². The van der Waals surface area contributed by atoms with E-state index in [1.54, 1.807) is 0 Å². The molecule has 0 unspecified atom stereocenters. The molecule has 1 saturated carbocycles. The second kappa shape index (κ2) is 12.0. The Morgan fingerprint density at radius 1 is 1.08 bits per heavy atom. The van der Waals surface area contributed by atoms with Crippen LogP contribution in [0.2, 0.25) is 0 Å². The standard InChI is InChI=1S/C31H44N6O2/c1-5-6-20(2)34-31-32-17-27-28(19-37(29(27)35-31)18-23-7-9-26(38)10-8-23)24-11-13-36(14-12-24)30(39)25-15-21(3)33-22(4)16-25/h15-17,19-20,23-24,26,38H,5-14,18H2,1-4H3,(H,32,34,35)/t20-,23-,26-/m0/s1. The van der Waals surface area contributed by atoms with Crippen LogP contribution in [-0.4, -0.2) is 60.7 Å². The van der Waals surface area contributed by atoms with Gasteiger partial charge in [0.1, 0.15) is 5.65 Å². The van der Waals surface area contributed by atoms with Gasteiger partial charge < -0.3 is 19.9 Å². The van der Waals surface area contributed by atoms with Crippen molar-refractivity contribution in [2.24, 2.45) is 5.92 Å². The molecule has 2 fully saturated rings. The molecule has 1 saturated heterocycles. The van der Waals surface area contributed by atoms with Gasteiger partial charge in [0, 0.05) is 60.4 Å². The maximum Gasteiger partial charge on any atom is 0.253 e. The Hall–Kier alpha value is -3.00. The highest BCUT2D eigenvalue weighted by Crippen LogP contribution is 2.36. The Labute approximate surface area is 232 Å². The third-order valence-electron chi connectivity index (χ3n) is 8.57. The summed E-state index contributed by atoms with van der Waals surface area (Å²) in [5, 5.41) is 14.6. The summed E-state index contributed by atoms with van der Waals surface area (Å²) in [5.41, 5.74) is 4.80. The first-order chi connectivity index (χ1) is 18.8. The minimum absolute atomic E-state index is 0.101. The highest BCUT2D eigenvalue weighted by Gasteiger charge is 2.28. The van der Waals surface area contributed by atoms with E-state index in [1.807, 2.05) is 37.1 Å². The van der Waals surface area contributed by atoms with E-state index in [1.165, 1.54) is 5.56 Å². The lowest BCUT2D eigenvalue weighted by Gasteiger charge is -2.32. The molecule has 0 aromatic carbocycles. The number of fused-ring (bicyclic) bond motifs is 1. The van der Waals surface area contributed by atoms with Crippen molar-refractivity contribution in [2.45, 2.75) is 104 Å². The Kier molecular flexibility index (Phi) is 8.50. The average molecular weight is 533 g/mol. The summed E-state index contributed by atoms with van der Waals surface area (Å²) < 4.78 is 2.34. The predicted octanol–water partition coefficient (Wildman–Crippen LogP) is 5.61. The first-order valence-electron chi connectivity index (χ1n) is 14.9. The van der Waals surface area contributed by atoms with Gasteiger partial charge in [-0.15, -0.1) is 0 Å². The van der Waals surface area contributed by atoms with E-state index < -0.39 is 0 Å². The number of aryl methyl sites for hydroxylation is 2. The van der Waals surface area contributed by atoms with Crippen LogP contribution in [0.5, 0.6) is 0 Å². The van der Waals surface area contributed by atoms with E-state index in [-0.39, 0.29) is 12.0 Å². The fourth-order valence-electron chi connectivity index (χ4n) is 6.49. The van der Waals surface area contributed by atoms with Gasteiger partial charge in [0.15, 0.2) is 0 Å². The largest absolute Gasteiger partial charge is 0.393 e. The Balaban J connectivity index is 1.36. The number of likely N-dealkylation sites (tertiary alicyclic amines) is 1. The van der Waals surface area contributed by atoms with Gasteiger partial charge >= 0.3 is 0 Å². The molecule has 3 aromatic heterocycles. The lowest BCUT2D eigenvalue weighted by atomic mass is 9.87. The molecule has 0 radical (unpaired) electrons. The molecule has 3 aromatic rings. The van der Waals surface area contributed by atoms with Gasteiger partial charge in [-0.2, -0.15) is 4.98 Å². The van der Waals surface area contributed by atoms with Crippen molar-refractivity contribution in [3.05, 3.63) is 47.0 Å². The summed E-state index contributed by atoms with van der Waals surface area (Å²) in [6.07, 6.45) is 12.1. The van der Waals surface area contributed by atoms with Crippen molar-refractivity contribution < 1.29 is 9.90 Å². The number of anilines is 1. The monoisotopic (exact) mass is 532 g/mol. The Bertz CT molecular complexity index is 1270. The van der Waals surface area contributed by atoms with Crippen LogP contribution in [0.4, 0.5) is 5.95 Å². The second-order valence-electron chi connectivity index (χ2n) is 11.9. The number of aliphatic hydroxyl groups is 1. The van der Waals surface area contributed by atoms with Crippen LogP contribution in [0.15, 0.2) is 24.5 Å². The van der Waals surface area contributed by atoms with Crippen LogP contribution in [0.25, 0.3) is 11.0 Å². The number of rotatable bonds is 8. The van der Waals surface area contributed by atoms with E-state index in [4.69, 9.17) is 9.97 Å². The van der Waals surface area contributed by atoms with Gasteiger partial charge in [0.2, 0.25) is 5.95 Å². The highest BCUT2D eigenvalue weighted by atomic mass is 16.3. The van der Waals surface area contributed by atoms with Crippen LogP contribution in [-0.2, 0) is 6.54 Å². The van der Waals surface area contributed by atoms with Gasteiger partial charge in [-0.05, 0) is 95.2 Å². The molecule has 1 atom stereocenters. The Morgan fingerprint density at radius 3 is 2.44 bits per heavy atom. The summed E-state index contributed by atoms with van der Waals surface area (Å²) in [6, 6.07) is 4.11. The van der Waals surface area contributed by atoms with Crippen LogP contribution in [0.3, 0.4) is 0 Å². The number of piperidine rings is 1. The third kappa shape index (κ3) is 6.43. The number of amides is 1. The normalized spacial score (nSPS) is 21.3. The molecule has 8 nitrogen and oxygen atoms in total. The van der Waals surface area contributed by atoms with Crippen LogP contribution in [0.1, 0.15) is 98.4 Å².